The summed E-state index contributed by atoms with van der Waals surface area (Å²) in [5, 5.41) is 5.26. The first kappa shape index (κ1) is 27.4. The number of nitrogen functional groups attached to an aromatic ring is 1. The zero-order valence-electron chi connectivity index (χ0n) is 20.8. The topological polar surface area (TPSA) is 178 Å². The van der Waals surface area contributed by atoms with E-state index in [2.05, 4.69) is 31.0 Å². The number of nitrogens with zero attached hydrogens (tertiary/aromatic N) is 6. The van der Waals surface area contributed by atoms with Crippen LogP contribution in [0.1, 0.15) is 12.1 Å². The third-order valence-electron chi connectivity index (χ3n) is 5.54. The van der Waals surface area contributed by atoms with Gasteiger partial charge in [0.15, 0.2) is 10.8 Å². The summed E-state index contributed by atoms with van der Waals surface area (Å²) in [6, 6.07) is 3.81. The number of aromatic nitrogens is 4. The molecule has 0 aromatic carbocycles. The molecule has 17 heteroatoms. The van der Waals surface area contributed by atoms with Crippen molar-refractivity contribution in [3.8, 4) is 0 Å². The van der Waals surface area contributed by atoms with Crippen LogP contribution in [0, 0.1) is 0 Å². The van der Waals surface area contributed by atoms with Crippen molar-refractivity contribution in [2.75, 3.05) is 29.8 Å². The number of nitrogens with two attached hydrogens (primary N) is 1. The van der Waals surface area contributed by atoms with Crippen LogP contribution in [0.25, 0.3) is 0 Å². The van der Waals surface area contributed by atoms with Gasteiger partial charge < -0.3 is 15.4 Å². The maximum atomic E-state index is 13.2. The number of hydrogen-bond acceptors (Lipinski definition) is 14. The van der Waals surface area contributed by atoms with E-state index in [-0.39, 0.29) is 33.5 Å². The minimum absolute atomic E-state index is 0.131. The van der Waals surface area contributed by atoms with Gasteiger partial charge in [0.25, 0.3) is 0 Å². The van der Waals surface area contributed by atoms with Gasteiger partial charge in [-0.25, -0.2) is 14.8 Å². The molecule has 2 amide bonds. The third-order valence-corrected chi connectivity index (χ3v) is 8.59. The number of thiazole rings is 1. The van der Waals surface area contributed by atoms with Crippen LogP contribution in [0.15, 0.2) is 69.8 Å². The van der Waals surface area contributed by atoms with Gasteiger partial charge in [0.05, 0.1) is 18.0 Å². The predicted molar refractivity (Wildman–Crippen MR) is 147 cm³/mol. The van der Waals surface area contributed by atoms with Crippen molar-refractivity contribution in [1.29, 1.82) is 0 Å². The molecule has 1 saturated heterocycles. The molecule has 0 aliphatic carbocycles. The van der Waals surface area contributed by atoms with E-state index in [4.69, 9.17) is 15.4 Å². The second-order valence-corrected chi connectivity index (χ2v) is 11.2. The molecule has 0 saturated carbocycles. The smallest absolute Gasteiger partial charge is 0.379 e. The van der Waals surface area contributed by atoms with Gasteiger partial charge in [-0.3, -0.25) is 19.5 Å². The summed E-state index contributed by atoms with van der Waals surface area (Å²) in [5.74, 6) is -0.337. The molecule has 206 valence electrons. The number of β-lactam (4-membered cyclic amide) rings is 1. The average Bonchev–Trinajstić information content (AvgIpc) is 3.39. The average molecular weight is 601 g/mol. The normalized spacial score (nSPS) is 16.6. The molecular formula is C23H22N9O5S3+. The second kappa shape index (κ2) is 12.3. The highest BCUT2D eigenvalue weighted by Crippen LogP contribution is 2.41. The van der Waals surface area contributed by atoms with E-state index in [1.54, 1.807) is 35.0 Å². The first-order valence-electron chi connectivity index (χ1n) is 11.6. The first-order chi connectivity index (χ1) is 19.4. The lowest BCUT2D eigenvalue weighted by atomic mass is 10.1. The minimum atomic E-state index is -0.860. The van der Waals surface area contributed by atoms with Gasteiger partial charge in [0, 0.05) is 46.3 Å². The van der Waals surface area contributed by atoms with E-state index in [1.807, 2.05) is 24.5 Å². The van der Waals surface area contributed by atoms with Crippen LogP contribution in [0.4, 0.5) is 10.9 Å². The van der Waals surface area contributed by atoms with Gasteiger partial charge in [-0.2, -0.15) is 5.48 Å². The molecule has 2 aliphatic rings. The standard InChI is InChI=1S/C23H21N9O5S3/c1-36-29-19(15-12-40-23(24)27-15)21(34)30-37-22(35)20-13(11-39-18-8-17(33)32(18)20)10-38-14-2-6-31(7-3-14)28-16-9-25-4-5-26-16/h2-7,9,12,18H,8,10-11H2,1H3,(H3-,24,26,27,28,30,34)/p+1/b29-19-/t18-/m0/s1. The Morgan fingerprint density at radius 2 is 2.15 bits per heavy atom. The molecule has 3 aromatic rings. The van der Waals surface area contributed by atoms with E-state index in [0.717, 1.165) is 16.2 Å². The number of amides is 2. The van der Waals surface area contributed by atoms with E-state index in [0.29, 0.717) is 29.3 Å². The lowest BCUT2D eigenvalue weighted by Gasteiger charge is -2.44. The molecule has 0 unspecified atom stereocenters. The maximum Gasteiger partial charge on any atom is 0.379 e. The van der Waals surface area contributed by atoms with Crippen LogP contribution in [-0.2, 0) is 24.1 Å². The second-order valence-electron chi connectivity index (χ2n) is 8.13. The number of carbonyl (C=O) groups is 3. The summed E-state index contributed by atoms with van der Waals surface area (Å²) in [5.41, 5.74) is 11.6. The fourth-order valence-corrected chi connectivity index (χ4v) is 6.54. The number of nitrogens with one attached hydrogen (secondary N) is 2. The third kappa shape index (κ3) is 6.16. The molecule has 1 atom stereocenters. The zero-order valence-corrected chi connectivity index (χ0v) is 23.3. The quantitative estimate of drug-likeness (QED) is 0.104. The maximum absolute atomic E-state index is 13.2. The minimum Gasteiger partial charge on any atom is -0.398 e. The van der Waals surface area contributed by atoms with Crippen LogP contribution in [0.3, 0.4) is 0 Å². The van der Waals surface area contributed by atoms with Crippen LogP contribution in [0.5, 0.6) is 0 Å². The van der Waals surface area contributed by atoms with Crippen LogP contribution >= 0.6 is 34.9 Å². The number of oxime groups is 1. The molecule has 1 fully saturated rings. The number of rotatable bonds is 9. The van der Waals surface area contributed by atoms with Gasteiger partial charge in [0.2, 0.25) is 24.1 Å². The Hall–Kier alpha value is -4.22. The zero-order chi connectivity index (χ0) is 28.1. The van der Waals surface area contributed by atoms with Crippen molar-refractivity contribution in [1.82, 2.24) is 25.3 Å². The number of pyridine rings is 1. The van der Waals surface area contributed by atoms with E-state index in [9.17, 15) is 14.4 Å². The molecule has 40 heavy (non-hydrogen) atoms. The first-order valence-corrected chi connectivity index (χ1v) is 14.5. The number of hydroxylamine groups is 1. The fraction of sp³-hybridized carbons (Fsp3) is 0.217. The van der Waals surface area contributed by atoms with Crippen LogP contribution in [-0.4, -0.2) is 67.3 Å². The highest BCUT2D eigenvalue weighted by atomic mass is 32.2. The van der Waals surface area contributed by atoms with Crippen molar-refractivity contribution in [2.45, 2.75) is 16.7 Å². The summed E-state index contributed by atoms with van der Waals surface area (Å²) >= 11 is 4.19. The molecule has 3 aromatic heterocycles. The SMILES string of the molecule is CO/N=C(\C(=O)NOC(=O)C1=C(CSc2cc[n+](Nc3cnccn3)cc2)CS[C@H]2CC(=O)N12)c1csc(N)n1. The summed E-state index contributed by atoms with van der Waals surface area (Å²) < 4.78 is 1.74. The lowest BCUT2D eigenvalue weighted by Crippen LogP contribution is -2.54. The Labute approximate surface area is 240 Å². The van der Waals surface area contributed by atoms with Crippen molar-refractivity contribution < 1.29 is 28.7 Å². The summed E-state index contributed by atoms with van der Waals surface area (Å²) in [6.07, 6.45) is 8.78. The van der Waals surface area contributed by atoms with Gasteiger partial charge in [-0.05, 0) is 5.57 Å². The largest absolute Gasteiger partial charge is 0.398 e. The lowest BCUT2D eigenvalue weighted by molar-refractivity contribution is -0.643. The summed E-state index contributed by atoms with van der Waals surface area (Å²) in [7, 11) is 1.26. The highest BCUT2D eigenvalue weighted by molar-refractivity contribution is 8.01. The summed E-state index contributed by atoms with van der Waals surface area (Å²) in [4.78, 5) is 62.7. The number of fused-ring (bicyclic) bond motifs is 1. The van der Waals surface area contributed by atoms with E-state index in [1.165, 1.54) is 29.2 Å². The molecule has 14 nitrogen and oxygen atoms in total. The molecular weight excluding hydrogens is 579 g/mol. The Bertz CT molecular complexity index is 1480. The van der Waals surface area contributed by atoms with Crippen molar-refractivity contribution >= 4 is 69.3 Å². The Balaban J connectivity index is 1.26. The van der Waals surface area contributed by atoms with Gasteiger partial charge in [-0.15, -0.1) is 40.3 Å². The molecule has 0 bridgehead atoms. The molecule has 0 spiro atoms. The monoisotopic (exact) mass is 600 g/mol. The van der Waals surface area contributed by atoms with Crippen molar-refractivity contribution in [2.24, 2.45) is 5.16 Å². The number of carbonyl (C=O) groups excluding carboxylic acids is 3. The molecule has 5 heterocycles. The predicted octanol–water partition coefficient (Wildman–Crippen LogP) is 0.955. The Morgan fingerprint density at radius 1 is 1.32 bits per heavy atom. The summed E-state index contributed by atoms with van der Waals surface area (Å²) in [6.45, 7) is 0. The molecule has 2 aliphatic heterocycles. The number of anilines is 2. The Morgan fingerprint density at radius 3 is 2.83 bits per heavy atom. The van der Waals surface area contributed by atoms with E-state index >= 15 is 0 Å². The van der Waals surface area contributed by atoms with Crippen molar-refractivity contribution in [3.63, 3.8) is 0 Å². The fourth-order valence-electron chi connectivity index (χ4n) is 3.70. The van der Waals surface area contributed by atoms with Gasteiger partial charge >= 0.3 is 11.9 Å². The van der Waals surface area contributed by atoms with E-state index < -0.39 is 11.9 Å². The number of hydrogen-bond donors (Lipinski definition) is 3. The van der Waals surface area contributed by atoms with Crippen LogP contribution < -0.4 is 21.3 Å². The van der Waals surface area contributed by atoms with Gasteiger partial charge in [-0.1, -0.05) is 9.83 Å². The molecule has 5 rings (SSSR count). The van der Waals surface area contributed by atoms with Crippen LogP contribution in [0.2, 0.25) is 0 Å². The highest BCUT2D eigenvalue weighted by Gasteiger charge is 2.46. The van der Waals surface area contributed by atoms with Crippen molar-refractivity contribution in [3.05, 3.63) is 65.5 Å². The number of thioether (sulfide) groups is 2. The molecule has 0 radical (unpaired) electrons. The molecule has 4 N–H and O–H groups in total. The Kier molecular flexibility index (Phi) is 8.42. The van der Waals surface area contributed by atoms with Gasteiger partial charge in [0.1, 0.15) is 18.5 Å².